The number of fused-ring (bicyclic) bond motifs is 2. The summed E-state index contributed by atoms with van der Waals surface area (Å²) in [5.41, 5.74) is 11.7. The number of amides is 2. The van der Waals surface area contributed by atoms with Gasteiger partial charge in [0.25, 0.3) is 5.91 Å². The van der Waals surface area contributed by atoms with Crippen LogP contribution in [-0.2, 0) is 36.0 Å². The molecule has 0 atom stereocenters. The largest absolute Gasteiger partial charge is 0.426 e. The second-order valence-corrected chi connectivity index (χ2v) is 11.0. The van der Waals surface area contributed by atoms with Crippen molar-refractivity contribution < 1.29 is 19.1 Å². The van der Waals surface area contributed by atoms with Gasteiger partial charge in [-0.3, -0.25) is 19.3 Å². The molecule has 2 heterocycles. The van der Waals surface area contributed by atoms with E-state index in [2.05, 4.69) is 15.3 Å². The summed E-state index contributed by atoms with van der Waals surface area (Å²) < 4.78 is 7.59. The maximum atomic E-state index is 13.9. The van der Waals surface area contributed by atoms with Crippen LogP contribution in [0.25, 0.3) is 11.0 Å². The summed E-state index contributed by atoms with van der Waals surface area (Å²) in [5, 5.41) is 3.33. The summed E-state index contributed by atoms with van der Waals surface area (Å²) in [4.78, 5) is 51.5. The molecule has 0 radical (unpaired) electrons. The van der Waals surface area contributed by atoms with Crippen LogP contribution in [0.1, 0.15) is 45.7 Å². The lowest BCUT2D eigenvalue weighted by molar-refractivity contribution is -0.134. The van der Waals surface area contributed by atoms with E-state index < -0.39 is 5.97 Å². The van der Waals surface area contributed by atoms with E-state index in [9.17, 15) is 14.4 Å². The van der Waals surface area contributed by atoms with Gasteiger partial charge in [-0.05, 0) is 97.1 Å². The Hall–Kier alpha value is -5.84. The van der Waals surface area contributed by atoms with Gasteiger partial charge in [0.15, 0.2) is 0 Å². The van der Waals surface area contributed by atoms with E-state index in [4.69, 9.17) is 15.5 Å². The number of aryl methyl sites for hydroxylation is 3. The van der Waals surface area contributed by atoms with E-state index in [0.717, 1.165) is 36.3 Å². The van der Waals surface area contributed by atoms with E-state index in [1.807, 2.05) is 48.0 Å². The molecular weight excluding hydrogens is 582 g/mol. The number of amidine groups is 1. The number of nitrogens with one attached hydrogen (secondary N) is 1. The number of imidazole rings is 1. The molecule has 3 N–H and O–H groups in total. The number of hydrogen-bond acceptors (Lipinski definition) is 7. The Morgan fingerprint density at radius 3 is 2.61 bits per heavy atom. The van der Waals surface area contributed by atoms with Crippen molar-refractivity contribution in [2.75, 3.05) is 16.8 Å². The minimum Gasteiger partial charge on any atom is -0.426 e. The van der Waals surface area contributed by atoms with Crippen LogP contribution in [0.3, 0.4) is 0 Å². The number of nitrogens with zero attached hydrogens (tertiary/aromatic N) is 5. The molecule has 3 aromatic carbocycles. The zero-order valence-corrected chi connectivity index (χ0v) is 25.3. The number of pyridine rings is 1. The van der Waals surface area contributed by atoms with Gasteiger partial charge in [0.2, 0.25) is 6.41 Å². The van der Waals surface area contributed by atoms with Gasteiger partial charge in [-0.2, -0.15) is 4.99 Å². The summed E-state index contributed by atoms with van der Waals surface area (Å²) in [6.07, 6.45) is 5.18. The lowest BCUT2D eigenvalue weighted by atomic mass is 10.1. The summed E-state index contributed by atoms with van der Waals surface area (Å²) in [6, 6.07) is 23.7. The molecule has 1 aliphatic rings. The van der Waals surface area contributed by atoms with E-state index in [1.54, 1.807) is 48.7 Å². The first-order valence-electron chi connectivity index (χ1n) is 15.0. The fraction of sp³-hybridized carbons (Fsp3) is 0.200. The fourth-order valence-electron chi connectivity index (χ4n) is 5.60. The zero-order chi connectivity index (χ0) is 32.0. The minimum atomic E-state index is -0.420. The lowest BCUT2D eigenvalue weighted by Crippen LogP contribution is -2.34. The normalized spacial score (nSPS) is 12.5. The predicted octanol–water partition coefficient (Wildman–Crippen LogP) is 4.57. The van der Waals surface area contributed by atoms with Crippen molar-refractivity contribution in [2.45, 2.75) is 32.2 Å². The van der Waals surface area contributed by atoms with Crippen LogP contribution in [0.2, 0.25) is 0 Å². The monoisotopic (exact) mass is 615 g/mol. The summed E-state index contributed by atoms with van der Waals surface area (Å²) >= 11 is 0. The van der Waals surface area contributed by atoms with Crippen molar-refractivity contribution in [3.8, 4) is 5.75 Å². The number of nitrogens with two attached hydrogens (primary N) is 1. The minimum absolute atomic E-state index is 0.00148. The van der Waals surface area contributed by atoms with E-state index in [-0.39, 0.29) is 24.7 Å². The van der Waals surface area contributed by atoms with Gasteiger partial charge in [0.05, 0.1) is 24.0 Å². The second-order valence-electron chi connectivity index (χ2n) is 11.0. The van der Waals surface area contributed by atoms with Crippen molar-refractivity contribution in [3.05, 3.63) is 113 Å². The highest BCUT2D eigenvalue weighted by Gasteiger charge is 2.22. The van der Waals surface area contributed by atoms with Crippen LogP contribution in [0, 0.1) is 0 Å². The van der Waals surface area contributed by atoms with Crippen LogP contribution in [-0.4, -0.2) is 45.2 Å². The molecule has 0 saturated heterocycles. The first-order chi connectivity index (χ1) is 22.4. The molecule has 2 aromatic heterocycles. The molecule has 2 amide bonds. The molecule has 0 saturated carbocycles. The Balaban J connectivity index is 1.15. The van der Waals surface area contributed by atoms with Crippen molar-refractivity contribution in [3.63, 3.8) is 0 Å². The number of anilines is 2. The van der Waals surface area contributed by atoms with E-state index >= 15 is 0 Å². The number of carbonyl (C=O) groups is 3. The van der Waals surface area contributed by atoms with Crippen molar-refractivity contribution in [2.24, 2.45) is 17.8 Å². The molecule has 0 bridgehead atoms. The van der Waals surface area contributed by atoms with Crippen LogP contribution < -0.4 is 20.7 Å². The second kappa shape index (κ2) is 13.4. The van der Waals surface area contributed by atoms with Crippen LogP contribution in [0.4, 0.5) is 11.5 Å². The molecule has 5 aromatic rings. The van der Waals surface area contributed by atoms with Crippen molar-refractivity contribution in [1.29, 1.82) is 0 Å². The van der Waals surface area contributed by atoms with E-state index in [1.165, 1.54) is 16.0 Å². The Kier molecular flexibility index (Phi) is 8.82. The molecule has 0 fully saturated rings. The Morgan fingerprint density at radius 1 is 1.02 bits per heavy atom. The SMILES string of the molecule is Cn1c(CNc2ccc(C(N)=NC=O)cc2)nc2cc(C(=O)N(CCC(=O)Oc3ccc4c(c3)CCC4)c3ccccn3)ccc21. The zero-order valence-electron chi connectivity index (χ0n) is 25.3. The summed E-state index contributed by atoms with van der Waals surface area (Å²) in [6.45, 7) is 0.526. The topological polar surface area (TPSA) is 145 Å². The van der Waals surface area contributed by atoms with Gasteiger partial charge in [-0.1, -0.05) is 12.1 Å². The highest BCUT2D eigenvalue weighted by atomic mass is 16.5. The number of aliphatic imine (C=N–C) groups is 1. The fourth-order valence-corrected chi connectivity index (χ4v) is 5.60. The lowest BCUT2D eigenvalue weighted by Gasteiger charge is -2.21. The number of ether oxygens (including phenoxy) is 1. The smallest absolute Gasteiger partial charge is 0.312 e. The molecule has 232 valence electrons. The molecule has 11 nitrogen and oxygen atoms in total. The molecular formula is C35H33N7O4. The molecule has 46 heavy (non-hydrogen) atoms. The number of hydrogen-bond donors (Lipinski definition) is 2. The first kappa shape index (κ1) is 30.2. The van der Waals surface area contributed by atoms with Gasteiger partial charge < -0.3 is 20.4 Å². The number of rotatable bonds is 11. The van der Waals surface area contributed by atoms with Gasteiger partial charge >= 0.3 is 5.97 Å². The Bertz CT molecular complexity index is 1930. The van der Waals surface area contributed by atoms with Gasteiger partial charge in [0, 0.05) is 36.6 Å². The molecule has 6 rings (SSSR count). The summed E-state index contributed by atoms with van der Waals surface area (Å²) in [5.74, 6) is 1.16. The number of benzene rings is 3. The number of carbonyl (C=O) groups excluding carboxylic acids is 3. The van der Waals surface area contributed by atoms with Crippen LogP contribution in [0.5, 0.6) is 5.75 Å². The average molecular weight is 616 g/mol. The number of aromatic nitrogens is 3. The molecule has 0 spiro atoms. The Labute approximate surface area is 265 Å². The maximum absolute atomic E-state index is 13.9. The third-order valence-corrected chi connectivity index (χ3v) is 8.06. The predicted molar refractivity (Wildman–Crippen MR) is 176 cm³/mol. The third-order valence-electron chi connectivity index (χ3n) is 8.06. The first-order valence-corrected chi connectivity index (χ1v) is 15.0. The third kappa shape index (κ3) is 6.63. The number of esters is 1. The van der Waals surface area contributed by atoms with Gasteiger partial charge in [0.1, 0.15) is 23.2 Å². The van der Waals surface area contributed by atoms with Crippen molar-refractivity contribution >= 4 is 46.7 Å². The molecule has 11 heteroatoms. The van der Waals surface area contributed by atoms with E-state index in [0.29, 0.717) is 41.2 Å². The highest BCUT2D eigenvalue weighted by Crippen LogP contribution is 2.26. The molecule has 1 aliphatic carbocycles. The van der Waals surface area contributed by atoms with Crippen LogP contribution >= 0.6 is 0 Å². The summed E-state index contributed by atoms with van der Waals surface area (Å²) in [7, 11) is 1.92. The van der Waals surface area contributed by atoms with Gasteiger partial charge in [-0.25, -0.2) is 9.97 Å². The molecule has 0 aliphatic heterocycles. The van der Waals surface area contributed by atoms with Crippen LogP contribution in [0.15, 0.2) is 90.1 Å². The van der Waals surface area contributed by atoms with Gasteiger partial charge in [-0.15, -0.1) is 0 Å². The maximum Gasteiger partial charge on any atom is 0.312 e. The quantitative estimate of drug-likeness (QED) is 0.0723. The van der Waals surface area contributed by atoms with Crippen molar-refractivity contribution in [1.82, 2.24) is 14.5 Å². The highest BCUT2D eigenvalue weighted by molar-refractivity contribution is 6.07. The average Bonchev–Trinajstić information content (AvgIpc) is 3.67. The Morgan fingerprint density at radius 2 is 1.83 bits per heavy atom. The molecule has 0 unspecified atom stereocenters. The standard InChI is InChI=1S/C35H33N7O4/c1-41-30-15-11-26(20-29(30)40-32(41)21-38-27-12-8-24(9-13-27)34(36)39-22-43)35(45)42(31-7-2-3-17-37-31)18-16-33(44)46-28-14-10-23-5-4-6-25(23)19-28/h2-3,7-15,17,19-20,22,38H,4-6,16,18,21H2,1H3,(H2,36,39,43).